The van der Waals surface area contributed by atoms with Gasteiger partial charge in [-0.2, -0.15) is 0 Å². The molecule has 0 radical (unpaired) electrons. The van der Waals surface area contributed by atoms with Crippen LogP contribution in [-0.2, 0) is 6.42 Å². The van der Waals surface area contributed by atoms with E-state index in [1.807, 2.05) is 0 Å². The van der Waals surface area contributed by atoms with Gasteiger partial charge in [-0.05, 0) is 37.1 Å². The molecular formula is C14H17ClFN3. The molecular weight excluding hydrogens is 265 g/mol. The summed E-state index contributed by atoms with van der Waals surface area (Å²) in [4.78, 5) is 7.38. The number of nitrogens with one attached hydrogen (secondary N) is 2. The van der Waals surface area contributed by atoms with Crippen molar-refractivity contribution in [3.05, 3.63) is 52.8 Å². The number of hydrogen-bond acceptors (Lipinski definition) is 2. The minimum atomic E-state index is -0.315. The van der Waals surface area contributed by atoms with E-state index in [-0.39, 0.29) is 11.9 Å². The van der Waals surface area contributed by atoms with Crippen molar-refractivity contribution in [2.75, 3.05) is 6.54 Å². The lowest BCUT2D eigenvalue weighted by molar-refractivity contribution is 0.508. The maximum Gasteiger partial charge on any atom is 0.124 e. The topological polar surface area (TPSA) is 40.7 Å². The van der Waals surface area contributed by atoms with Crippen LogP contribution in [0, 0.1) is 5.82 Å². The molecule has 0 aliphatic carbocycles. The number of halogens is 2. The summed E-state index contributed by atoms with van der Waals surface area (Å²) >= 11 is 6.07. The molecule has 1 aromatic carbocycles. The molecule has 1 heterocycles. The van der Waals surface area contributed by atoms with Gasteiger partial charge < -0.3 is 10.3 Å². The monoisotopic (exact) mass is 281 g/mol. The Morgan fingerprint density at radius 3 is 2.95 bits per heavy atom. The molecule has 0 aliphatic heterocycles. The summed E-state index contributed by atoms with van der Waals surface area (Å²) in [6, 6.07) is 4.55. The summed E-state index contributed by atoms with van der Waals surface area (Å²) in [6.45, 7) is 3.00. The highest BCUT2D eigenvalue weighted by Crippen LogP contribution is 2.23. The van der Waals surface area contributed by atoms with Crippen molar-refractivity contribution in [2.45, 2.75) is 25.8 Å². The van der Waals surface area contributed by atoms with Gasteiger partial charge in [-0.1, -0.05) is 24.6 Å². The van der Waals surface area contributed by atoms with Crippen molar-refractivity contribution >= 4 is 11.6 Å². The van der Waals surface area contributed by atoms with Crippen molar-refractivity contribution in [3.63, 3.8) is 0 Å². The molecule has 3 nitrogen and oxygen atoms in total. The third-order valence-corrected chi connectivity index (χ3v) is 3.28. The first-order valence-electron chi connectivity index (χ1n) is 6.37. The van der Waals surface area contributed by atoms with Gasteiger partial charge in [-0.3, -0.25) is 0 Å². The number of aromatic amines is 1. The van der Waals surface area contributed by atoms with Crippen LogP contribution in [0.25, 0.3) is 0 Å². The van der Waals surface area contributed by atoms with Crippen molar-refractivity contribution in [1.82, 2.24) is 15.3 Å². The molecule has 5 heteroatoms. The number of rotatable bonds is 6. The Morgan fingerprint density at radius 2 is 2.32 bits per heavy atom. The molecule has 2 N–H and O–H groups in total. The number of aromatic nitrogens is 2. The van der Waals surface area contributed by atoms with E-state index in [4.69, 9.17) is 11.6 Å². The lowest BCUT2D eigenvalue weighted by atomic mass is 10.0. The van der Waals surface area contributed by atoms with Crippen molar-refractivity contribution < 1.29 is 4.39 Å². The van der Waals surface area contributed by atoms with E-state index in [1.165, 1.54) is 12.1 Å². The van der Waals surface area contributed by atoms with Crippen molar-refractivity contribution in [2.24, 2.45) is 0 Å². The molecule has 0 bridgehead atoms. The van der Waals surface area contributed by atoms with Gasteiger partial charge in [0.2, 0.25) is 0 Å². The van der Waals surface area contributed by atoms with Gasteiger partial charge in [0.15, 0.2) is 0 Å². The van der Waals surface area contributed by atoms with Gasteiger partial charge in [-0.25, -0.2) is 9.37 Å². The Labute approximate surface area is 117 Å². The first-order valence-corrected chi connectivity index (χ1v) is 6.75. The fraction of sp³-hybridized carbons (Fsp3) is 0.357. The molecule has 0 saturated heterocycles. The van der Waals surface area contributed by atoms with Crippen LogP contribution in [0.15, 0.2) is 30.6 Å². The first-order chi connectivity index (χ1) is 9.20. The van der Waals surface area contributed by atoms with Crippen LogP contribution in [-0.4, -0.2) is 16.5 Å². The summed E-state index contributed by atoms with van der Waals surface area (Å²) in [5, 5.41) is 3.87. The molecule has 1 unspecified atom stereocenters. The molecule has 0 saturated carbocycles. The molecule has 19 heavy (non-hydrogen) atoms. The molecule has 1 atom stereocenters. The number of H-pyrrole nitrogens is 1. The van der Waals surface area contributed by atoms with Crippen molar-refractivity contribution in [3.8, 4) is 0 Å². The summed E-state index contributed by atoms with van der Waals surface area (Å²) in [5.74, 6) is 0.554. The maximum absolute atomic E-state index is 13.0. The Hall–Kier alpha value is -1.39. The Kier molecular flexibility index (Phi) is 4.93. The van der Waals surface area contributed by atoms with Gasteiger partial charge in [-0.15, -0.1) is 0 Å². The van der Waals surface area contributed by atoms with E-state index in [9.17, 15) is 4.39 Å². The maximum atomic E-state index is 13.0. The molecule has 0 spiro atoms. The number of benzene rings is 1. The number of hydrogen-bond donors (Lipinski definition) is 2. The van der Waals surface area contributed by atoms with Crippen LogP contribution in [0.5, 0.6) is 0 Å². The fourth-order valence-corrected chi connectivity index (χ4v) is 2.20. The lowest BCUT2D eigenvalue weighted by Crippen LogP contribution is -2.25. The third-order valence-electron chi connectivity index (χ3n) is 2.93. The van der Waals surface area contributed by atoms with Crippen LogP contribution in [0.1, 0.15) is 30.8 Å². The van der Waals surface area contributed by atoms with Crippen LogP contribution in [0.3, 0.4) is 0 Å². The third kappa shape index (κ3) is 3.78. The normalized spacial score (nSPS) is 12.6. The van der Waals surface area contributed by atoms with Crippen LogP contribution in [0.2, 0.25) is 5.02 Å². The predicted octanol–water partition coefficient (Wildman–Crippen LogP) is 3.49. The zero-order valence-electron chi connectivity index (χ0n) is 10.8. The van der Waals surface area contributed by atoms with E-state index in [0.29, 0.717) is 11.4 Å². The second-order valence-electron chi connectivity index (χ2n) is 4.42. The minimum absolute atomic E-state index is 0.0536. The lowest BCUT2D eigenvalue weighted by Gasteiger charge is -2.17. The van der Waals surface area contributed by atoms with Crippen LogP contribution in [0.4, 0.5) is 4.39 Å². The molecule has 0 amide bonds. The standard InChI is InChI=1S/C14H17ClFN3/c1-2-5-17-13(14-18-6-7-19-14)8-10-3-4-11(16)9-12(10)15/h3-4,6-7,9,13,17H,2,5,8H2,1H3,(H,18,19). The van der Waals surface area contributed by atoms with Gasteiger partial charge >= 0.3 is 0 Å². The molecule has 2 rings (SSSR count). The highest BCUT2D eigenvalue weighted by molar-refractivity contribution is 6.31. The van der Waals surface area contributed by atoms with Crippen LogP contribution < -0.4 is 5.32 Å². The smallest absolute Gasteiger partial charge is 0.124 e. The van der Waals surface area contributed by atoms with Crippen LogP contribution >= 0.6 is 11.6 Å². The van der Waals surface area contributed by atoms with Gasteiger partial charge in [0.05, 0.1) is 6.04 Å². The second kappa shape index (κ2) is 6.68. The fourth-order valence-electron chi connectivity index (χ4n) is 1.96. The SMILES string of the molecule is CCCNC(Cc1ccc(F)cc1Cl)c1ncc[nH]1. The van der Waals surface area contributed by atoms with Crippen molar-refractivity contribution in [1.29, 1.82) is 0 Å². The number of nitrogens with zero attached hydrogens (tertiary/aromatic N) is 1. The summed E-state index contributed by atoms with van der Waals surface area (Å²) in [5.41, 5.74) is 0.910. The van der Waals surface area contributed by atoms with E-state index in [2.05, 4.69) is 22.2 Å². The van der Waals surface area contributed by atoms with Gasteiger partial charge in [0, 0.05) is 17.4 Å². The Morgan fingerprint density at radius 1 is 1.47 bits per heavy atom. The molecule has 1 aromatic heterocycles. The largest absolute Gasteiger partial charge is 0.347 e. The second-order valence-corrected chi connectivity index (χ2v) is 4.83. The summed E-state index contributed by atoms with van der Waals surface area (Å²) in [7, 11) is 0. The van der Waals surface area contributed by atoms with Gasteiger partial charge in [0.25, 0.3) is 0 Å². The Balaban J connectivity index is 2.15. The quantitative estimate of drug-likeness (QED) is 0.851. The highest BCUT2D eigenvalue weighted by Gasteiger charge is 2.15. The average Bonchev–Trinajstić information content (AvgIpc) is 2.90. The van der Waals surface area contributed by atoms with E-state index < -0.39 is 0 Å². The summed E-state index contributed by atoms with van der Waals surface area (Å²) in [6.07, 6.45) is 5.23. The van der Waals surface area contributed by atoms with E-state index in [1.54, 1.807) is 18.5 Å². The highest BCUT2D eigenvalue weighted by atomic mass is 35.5. The molecule has 102 valence electrons. The first kappa shape index (κ1) is 14.0. The molecule has 0 fully saturated rings. The summed E-state index contributed by atoms with van der Waals surface area (Å²) < 4.78 is 13.0. The predicted molar refractivity (Wildman–Crippen MR) is 74.7 cm³/mol. The minimum Gasteiger partial charge on any atom is -0.347 e. The Bertz CT molecular complexity index is 513. The zero-order chi connectivity index (χ0) is 13.7. The van der Waals surface area contributed by atoms with E-state index >= 15 is 0 Å². The number of imidazole rings is 1. The molecule has 2 aromatic rings. The van der Waals surface area contributed by atoms with Gasteiger partial charge in [0.1, 0.15) is 11.6 Å². The zero-order valence-corrected chi connectivity index (χ0v) is 11.5. The van der Waals surface area contributed by atoms with E-state index in [0.717, 1.165) is 24.4 Å². The average molecular weight is 282 g/mol. The molecule has 0 aliphatic rings.